The Hall–Kier alpha value is -1.72. The molecule has 0 bridgehead atoms. The van der Waals surface area contributed by atoms with Gasteiger partial charge in [0.1, 0.15) is 5.01 Å². The first kappa shape index (κ1) is 16.1. The number of fused-ring (bicyclic) bond motifs is 1. The molecule has 0 radical (unpaired) electrons. The first-order valence-corrected chi connectivity index (χ1v) is 8.73. The highest BCUT2D eigenvalue weighted by molar-refractivity contribution is 7.16. The Kier molecular flexibility index (Phi) is 4.02. The summed E-state index contributed by atoms with van der Waals surface area (Å²) in [6.07, 6.45) is 0. The lowest BCUT2D eigenvalue weighted by Crippen LogP contribution is -2.01. The van der Waals surface area contributed by atoms with Crippen LogP contribution in [0.3, 0.4) is 0 Å². The number of hydrogen-bond acceptors (Lipinski definition) is 4. The summed E-state index contributed by atoms with van der Waals surface area (Å²) in [5, 5.41) is 15.6. The molecule has 4 nitrogen and oxygen atoms in total. The van der Waals surface area contributed by atoms with Crippen molar-refractivity contribution in [1.82, 2.24) is 14.6 Å². The first-order valence-electron chi connectivity index (χ1n) is 7.92. The molecule has 23 heavy (non-hydrogen) atoms. The SMILES string of the molecule is Cc1cc(C)c(C)c(-c2nc3sc(C(C)C)nn3c2CO)c1C. The number of aliphatic hydroxyl groups excluding tert-OH is 1. The third kappa shape index (κ3) is 2.48. The summed E-state index contributed by atoms with van der Waals surface area (Å²) in [6.45, 7) is 12.7. The highest BCUT2D eigenvalue weighted by atomic mass is 32.1. The molecular weight excluding hydrogens is 306 g/mol. The Morgan fingerprint density at radius 3 is 2.26 bits per heavy atom. The van der Waals surface area contributed by atoms with Crippen LogP contribution in [0.25, 0.3) is 16.2 Å². The van der Waals surface area contributed by atoms with Gasteiger partial charge in [-0.2, -0.15) is 5.10 Å². The summed E-state index contributed by atoms with van der Waals surface area (Å²) in [4.78, 5) is 5.67. The summed E-state index contributed by atoms with van der Waals surface area (Å²) >= 11 is 1.60. The number of aliphatic hydroxyl groups is 1. The molecule has 0 saturated carbocycles. The third-order valence-corrected chi connectivity index (χ3v) is 5.77. The lowest BCUT2D eigenvalue weighted by Gasteiger charge is -2.14. The van der Waals surface area contributed by atoms with Gasteiger partial charge in [0, 0.05) is 11.5 Å². The molecule has 0 atom stereocenters. The van der Waals surface area contributed by atoms with Crippen LogP contribution in [0, 0.1) is 27.7 Å². The van der Waals surface area contributed by atoms with E-state index >= 15 is 0 Å². The molecule has 0 unspecified atom stereocenters. The number of nitrogens with zero attached hydrogens (tertiary/aromatic N) is 3. The van der Waals surface area contributed by atoms with E-state index in [4.69, 9.17) is 4.98 Å². The Morgan fingerprint density at radius 2 is 1.74 bits per heavy atom. The molecule has 3 rings (SSSR count). The van der Waals surface area contributed by atoms with Crippen molar-refractivity contribution >= 4 is 16.3 Å². The second-order valence-corrected chi connectivity index (χ2v) is 7.48. The van der Waals surface area contributed by atoms with E-state index in [2.05, 4.69) is 52.7 Å². The van der Waals surface area contributed by atoms with Crippen LogP contribution in [0.5, 0.6) is 0 Å². The van der Waals surface area contributed by atoms with Crippen LogP contribution in [0.4, 0.5) is 0 Å². The van der Waals surface area contributed by atoms with Crippen LogP contribution in [0.15, 0.2) is 6.07 Å². The summed E-state index contributed by atoms with van der Waals surface area (Å²) < 4.78 is 1.81. The largest absolute Gasteiger partial charge is 0.390 e. The van der Waals surface area contributed by atoms with Gasteiger partial charge in [0.15, 0.2) is 0 Å². The normalized spacial score (nSPS) is 11.8. The standard InChI is InChI=1S/C18H23N3OS/c1-9(2)17-20-21-14(8-22)16(19-18(21)23-17)15-12(5)10(3)7-11(4)13(15)6/h7,9,22H,8H2,1-6H3. The minimum absolute atomic E-state index is 0.0658. The lowest BCUT2D eigenvalue weighted by molar-refractivity contribution is 0.275. The van der Waals surface area contributed by atoms with Crippen LogP contribution >= 0.6 is 11.3 Å². The highest BCUT2D eigenvalue weighted by Gasteiger charge is 2.22. The quantitative estimate of drug-likeness (QED) is 0.779. The molecule has 1 N–H and O–H groups in total. The molecule has 0 fully saturated rings. The van der Waals surface area contributed by atoms with E-state index in [-0.39, 0.29) is 6.61 Å². The maximum Gasteiger partial charge on any atom is 0.213 e. The van der Waals surface area contributed by atoms with Crippen molar-refractivity contribution < 1.29 is 5.11 Å². The monoisotopic (exact) mass is 329 g/mol. The van der Waals surface area contributed by atoms with Gasteiger partial charge in [0.25, 0.3) is 0 Å². The van der Waals surface area contributed by atoms with Crippen LogP contribution in [-0.2, 0) is 6.61 Å². The maximum absolute atomic E-state index is 9.94. The van der Waals surface area contributed by atoms with Gasteiger partial charge < -0.3 is 5.11 Å². The van der Waals surface area contributed by atoms with Gasteiger partial charge in [-0.25, -0.2) is 9.50 Å². The number of benzene rings is 1. The average Bonchev–Trinajstić information content (AvgIpc) is 3.03. The number of aryl methyl sites for hydroxylation is 2. The Labute approximate surface area is 140 Å². The lowest BCUT2D eigenvalue weighted by atomic mass is 9.91. The molecule has 0 aliphatic heterocycles. The van der Waals surface area contributed by atoms with E-state index in [9.17, 15) is 5.11 Å². The summed E-state index contributed by atoms with van der Waals surface area (Å²) in [7, 11) is 0. The van der Waals surface area contributed by atoms with Gasteiger partial charge in [0.2, 0.25) is 4.96 Å². The van der Waals surface area contributed by atoms with E-state index < -0.39 is 0 Å². The van der Waals surface area contributed by atoms with E-state index in [1.54, 1.807) is 11.3 Å². The van der Waals surface area contributed by atoms with Gasteiger partial charge in [-0.3, -0.25) is 0 Å². The second-order valence-electron chi connectivity index (χ2n) is 6.49. The fraction of sp³-hybridized carbons (Fsp3) is 0.444. The topological polar surface area (TPSA) is 50.4 Å². The van der Waals surface area contributed by atoms with E-state index in [1.807, 2.05) is 4.52 Å². The zero-order valence-electron chi connectivity index (χ0n) is 14.6. The van der Waals surface area contributed by atoms with Crippen LogP contribution < -0.4 is 0 Å². The molecule has 0 aliphatic carbocycles. The molecule has 122 valence electrons. The molecule has 0 spiro atoms. The van der Waals surface area contributed by atoms with Crippen molar-refractivity contribution in [3.05, 3.63) is 39.0 Å². The Balaban J connectivity index is 2.31. The molecule has 1 aromatic carbocycles. The molecule has 0 aliphatic rings. The fourth-order valence-corrected chi connectivity index (χ4v) is 3.87. The molecule has 0 amide bonds. The van der Waals surface area contributed by atoms with Gasteiger partial charge in [0.05, 0.1) is 18.0 Å². The number of hydrogen-bond donors (Lipinski definition) is 1. The molecule has 2 aromatic heterocycles. The van der Waals surface area contributed by atoms with Gasteiger partial charge >= 0.3 is 0 Å². The van der Waals surface area contributed by atoms with Crippen molar-refractivity contribution in [3.8, 4) is 11.3 Å². The highest BCUT2D eigenvalue weighted by Crippen LogP contribution is 2.35. The fourth-order valence-electron chi connectivity index (χ4n) is 2.95. The predicted molar refractivity (Wildman–Crippen MR) is 95.3 cm³/mol. The van der Waals surface area contributed by atoms with Gasteiger partial charge in [-0.1, -0.05) is 31.3 Å². The average molecular weight is 329 g/mol. The molecule has 5 heteroatoms. The molecule has 3 aromatic rings. The molecule has 0 saturated heterocycles. The van der Waals surface area contributed by atoms with E-state index in [0.29, 0.717) is 5.92 Å². The zero-order chi connectivity index (χ0) is 16.9. The Bertz CT molecular complexity index is 863. The summed E-state index contributed by atoms with van der Waals surface area (Å²) in [5.74, 6) is 0.362. The smallest absolute Gasteiger partial charge is 0.213 e. The number of aromatic nitrogens is 3. The maximum atomic E-state index is 9.94. The number of rotatable bonds is 3. The summed E-state index contributed by atoms with van der Waals surface area (Å²) in [6, 6.07) is 2.21. The third-order valence-electron chi connectivity index (χ3n) is 4.56. The van der Waals surface area contributed by atoms with Crippen LogP contribution in [-0.4, -0.2) is 19.7 Å². The zero-order valence-corrected chi connectivity index (χ0v) is 15.4. The summed E-state index contributed by atoms with van der Waals surface area (Å²) in [5.41, 5.74) is 7.71. The van der Waals surface area contributed by atoms with Gasteiger partial charge in [-0.15, -0.1) is 0 Å². The minimum atomic E-state index is -0.0658. The van der Waals surface area contributed by atoms with E-state index in [0.717, 1.165) is 26.9 Å². The van der Waals surface area contributed by atoms with Crippen LogP contribution in [0.1, 0.15) is 52.7 Å². The van der Waals surface area contributed by atoms with Gasteiger partial charge in [-0.05, 0) is 49.9 Å². The Morgan fingerprint density at radius 1 is 1.13 bits per heavy atom. The van der Waals surface area contributed by atoms with Crippen molar-refractivity contribution in [3.63, 3.8) is 0 Å². The van der Waals surface area contributed by atoms with Crippen LogP contribution in [0.2, 0.25) is 0 Å². The van der Waals surface area contributed by atoms with Crippen molar-refractivity contribution in [2.45, 2.75) is 54.1 Å². The minimum Gasteiger partial charge on any atom is -0.390 e. The molecular formula is C18H23N3OS. The van der Waals surface area contributed by atoms with Crippen molar-refractivity contribution in [2.75, 3.05) is 0 Å². The number of imidazole rings is 1. The van der Waals surface area contributed by atoms with E-state index in [1.165, 1.54) is 22.3 Å². The second kappa shape index (κ2) is 5.73. The van der Waals surface area contributed by atoms with Crippen molar-refractivity contribution in [1.29, 1.82) is 0 Å². The predicted octanol–water partition coefficient (Wildman–Crippen LogP) is 4.31. The molecule has 2 heterocycles. The first-order chi connectivity index (χ1) is 10.8. The van der Waals surface area contributed by atoms with Crippen molar-refractivity contribution in [2.24, 2.45) is 0 Å².